The fraction of sp³-hybridized carbons (Fsp3) is 0.0714. The maximum Gasteiger partial charge on any atom is 0.418 e. The number of nitrogens with one attached hydrogen (secondary N) is 1. The first kappa shape index (κ1) is 15.9. The number of hydrogen-bond donors (Lipinski definition) is 2. The fourth-order valence-electron chi connectivity index (χ4n) is 1.73. The minimum atomic E-state index is -4.53. The van der Waals surface area contributed by atoms with Crippen molar-refractivity contribution in [3.63, 3.8) is 0 Å². The predicted octanol–water partition coefficient (Wildman–Crippen LogP) is 5.01. The number of benzene rings is 2. The average Bonchev–Trinajstić information content (AvgIpc) is 2.37. The standard InChI is InChI=1S/C14H9BrF3NOS/c15-8-5-6-9(12(21)7-8)13(20)19-11-4-2-1-3-10(11)14(16,17)18/h1-7,21H,(H,19,20). The monoisotopic (exact) mass is 375 g/mol. The van der Waals surface area contributed by atoms with Crippen LogP contribution in [0.4, 0.5) is 18.9 Å². The molecule has 1 amide bonds. The molecule has 0 atom stereocenters. The Labute approximate surface area is 132 Å². The van der Waals surface area contributed by atoms with Crippen LogP contribution in [-0.4, -0.2) is 5.91 Å². The molecule has 0 spiro atoms. The number of amides is 1. The number of alkyl halides is 3. The number of hydrogen-bond acceptors (Lipinski definition) is 2. The highest BCUT2D eigenvalue weighted by Gasteiger charge is 2.33. The third-order valence-electron chi connectivity index (χ3n) is 2.69. The van der Waals surface area contributed by atoms with Gasteiger partial charge in [-0.2, -0.15) is 13.2 Å². The van der Waals surface area contributed by atoms with Crippen LogP contribution < -0.4 is 5.32 Å². The molecule has 0 fully saturated rings. The van der Waals surface area contributed by atoms with Crippen LogP contribution in [0.5, 0.6) is 0 Å². The van der Waals surface area contributed by atoms with Crippen LogP contribution in [0.25, 0.3) is 0 Å². The lowest BCUT2D eigenvalue weighted by Gasteiger charge is -2.14. The Kier molecular flexibility index (Phi) is 4.63. The van der Waals surface area contributed by atoms with Gasteiger partial charge in [-0.05, 0) is 30.3 Å². The molecule has 0 bridgehead atoms. The van der Waals surface area contributed by atoms with Crippen LogP contribution in [0.3, 0.4) is 0 Å². The van der Waals surface area contributed by atoms with Gasteiger partial charge in [0.05, 0.1) is 16.8 Å². The molecule has 110 valence electrons. The second kappa shape index (κ2) is 6.11. The number of para-hydroxylation sites is 1. The highest BCUT2D eigenvalue weighted by Crippen LogP contribution is 2.35. The zero-order valence-corrected chi connectivity index (χ0v) is 12.9. The Morgan fingerprint density at radius 1 is 1.14 bits per heavy atom. The van der Waals surface area contributed by atoms with E-state index in [1.807, 2.05) is 0 Å². The Morgan fingerprint density at radius 2 is 1.81 bits per heavy atom. The van der Waals surface area contributed by atoms with Gasteiger partial charge in [0.25, 0.3) is 5.91 Å². The van der Waals surface area contributed by atoms with E-state index in [0.29, 0.717) is 4.90 Å². The van der Waals surface area contributed by atoms with Gasteiger partial charge in [-0.25, -0.2) is 0 Å². The van der Waals surface area contributed by atoms with Crippen LogP contribution >= 0.6 is 28.6 Å². The summed E-state index contributed by atoms with van der Waals surface area (Å²) in [6, 6.07) is 9.50. The first-order valence-corrected chi connectivity index (χ1v) is 6.99. The van der Waals surface area contributed by atoms with E-state index in [2.05, 4.69) is 33.9 Å². The topological polar surface area (TPSA) is 29.1 Å². The van der Waals surface area contributed by atoms with Crippen LogP contribution in [0.1, 0.15) is 15.9 Å². The summed E-state index contributed by atoms with van der Waals surface area (Å²) >= 11 is 7.36. The van der Waals surface area contributed by atoms with E-state index in [9.17, 15) is 18.0 Å². The normalized spacial score (nSPS) is 11.3. The molecule has 0 aromatic heterocycles. The highest BCUT2D eigenvalue weighted by atomic mass is 79.9. The molecule has 21 heavy (non-hydrogen) atoms. The molecule has 0 aliphatic rings. The zero-order valence-electron chi connectivity index (χ0n) is 10.4. The van der Waals surface area contributed by atoms with Crippen molar-refractivity contribution >= 4 is 40.2 Å². The van der Waals surface area contributed by atoms with E-state index in [-0.39, 0.29) is 11.3 Å². The Balaban J connectivity index is 2.32. The summed E-state index contributed by atoms with van der Waals surface area (Å²) < 4.78 is 39.3. The molecule has 0 heterocycles. The largest absolute Gasteiger partial charge is 0.418 e. The van der Waals surface area contributed by atoms with Crippen molar-refractivity contribution in [1.29, 1.82) is 0 Å². The second-order valence-electron chi connectivity index (χ2n) is 4.16. The van der Waals surface area contributed by atoms with Crippen molar-refractivity contribution in [2.24, 2.45) is 0 Å². The summed E-state index contributed by atoms with van der Waals surface area (Å²) in [6.45, 7) is 0. The number of anilines is 1. The Hall–Kier alpha value is -1.47. The predicted molar refractivity (Wildman–Crippen MR) is 80.8 cm³/mol. The van der Waals surface area contributed by atoms with Crippen molar-refractivity contribution in [2.45, 2.75) is 11.1 Å². The van der Waals surface area contributed by atoms with Crippen molar-refractivity contribution < 1.29 is 18.0 Å². The van der Waals surface area contributed by atoms with E-state index in [1.165, 1.54) is 24.3 Å². The smallest absolute Gasteiger partial charge is 0.321 e. The van der Waals surface area contributed by atoms with E-state index >= 15 is 0 Å². The minimum absolute atomic E-state index is 0.193. The van der Waals surface area contributed by atoms with E-state index in [0.717, 1.165) is 10.5 Å². The molecule has 2 rings (SSSR count). The lowest BCUT2D eigenvalue weighted by molar-refractivity contribution is -0.136. The molecule has 0 saturated carbocycles. The van der Waals surface area contributed by atoms with Crippen molar-refractivity contribution in [2.75, 3.05) is 5.32 Å². The number of carbonyl (C=O) groups excluding carboxylic acids is 1. The summed E-state index contributed by atoms with van der Waals surface area (Å²) in [7, 11) is 0. The quantitative estimate of drug-likeness (QED) is 0.709. The molecule has 0 aliphatic carbocycles. The molecule has 7 heteroatoms. The van der Waals surface area contributed by atoms with Crippen LogP contribution in [0.2, 0.25) is 0 Å². The van der Waals surface area contributed by atoms with Gasteiger partial charge >= 0.3 is 6.18 Å². The van der Waals surface area contributed by atoms with Crippen LogP contribution in [0, 0.1) is 0 Å². The number of carbonyl (C=O) groups is 1. The van der Waals surface area contributed by atoms with Crippen LogP contribution in [-0.2, 0) is 6.18 Å². The molecule has 2 aromatic rings. The molecular weight excluding hydrogens is 367 g/mol. The van der Waals surface area contributed by atoms with E-state index in [4.69, 9.17) is 0 Å². The van der Waals surface area contributed by atoms with Gasteiger partial charge in [-0.1, -0.05) is 28.1 Å². The zero-order chi connectivity index (χ0) is 15.6. The summed E-state index contributed by atoms with van der Waals surface area (Å²) in [5, 5.41) is 2.27. The Morgan fingerprint density at radius 3 is 2.43 bits per heavy atom. The Bertz CT molecular complexity index is 688. The molecule has 2 aromatic carbocycles. The minimum Gasteiger partial charge on any atom is -0.321 e. The second-order valence-corrected chi connectivity index (χ2v) is 5.56. The molecule has 0 unspecified atom stereocenters. The molecular formula is C14H9BrF3NOS. The van der Waals surface area contributed by atoms with Gasteiger partial charge in [0.2, 0.25) is 0 Å². The van der Waals surface area contributed by atoms with E-state index < -0.39 is 17.6 Å². The number of thiol groups is 1. The van der Waals surface area contributed by atoms with Gasteiger partial charge in [0.15, 0.2) is 0 Å². The molecule has 2 nitrogen and oxygen atoms in total. The third-order valence-corrected chi connectivity index (χ3v) is 3.55. The lowest BCUT2D eigenvalue weighted by atomic mass is 10.1. The molecule has 0 radical (unpaired) electrons. The summed E-state index contributed by atoms with van der Waals surface area (Å²) in [4.78, 5) is 12.4. The molecule has 1 N–H and O–H groups in total. The fourth-order valence-corrected chi connectivity index (χ4v) is 2.58. The maximum absolute atomic E-state index is 12.9. The number of rotatable bonds is 2. The first-order chi connectivity index (χ1) is 9.79. The first-order valence-electron chi connectivity index (χ1n) is 5.75. The third kappa shape index (κ3) is 3.79. The maximum atomic E-state index is 12.9. The van der Waals surface area contributed by atoms with Gasteiger partial charge < -0.3 is 5.32 Å². The number of halogens is 4. The summed E-state index contributed by atoms with van der Waals surface area (Å²) in [6.07, 6.45) is -4.53. The summed E-state index contributed by atoms with van der Waals surface area (Å²) in [5.41, 5.74) is -0.986. The average molecular weight is 376 g/mol. The highest BCUT2D eigenvalue weighted by molar-refractivity contribution is 9.10. The van der Waals surface area contributed by atoms with Crippen molar-refractivity contribution in [1.82, 2.24) is 0 Å². The van der Waals surface area contributed by atoms with Crippen molar-refractivity contribution in [3.8, 4) is 0 Å². The molecule has 0 saturated heterocycles. The summed E-state index contributed by atoms with van der Waals surface area (Å²) in [5.74, 6) is -0.649. The lowest BCUT2D eigenvalue weighted by Crippen LogP contribution is -2.17. The molecule has 0 aliphatic heterocycles. The SMILES string of the molecule is O=C(Nc1ccccc1C(F)(F)F)c1ccc(Br)cc1S. The van der Waals surface area contributed by atoms with Crippen LogP contribution in [0.15, 0.2) is 51.8 Å². The van der Waals surface area contributed by atoms with Crippen molar-refractivity contribution in [3.05, 3.63) is 58.1 Å². The van der Waals surface area contributed by atoms with Gasteiger partial charge in [0, 0.05) is 9.37 Å². The van der Waals surface area contributed by atoms with E-state index in [1.54, 1.807) is 12.1 Å². The van der Waals surface area contributed by atoms with Gasteiger partial charge in [0.1, 0.15) is 0 Å². The van der Waals surface area contributed by atoms with Gasteiger partial charge in [-0.15, -0.1) is 12.6 Å². The van der Waals surface area contributed by atoms with Gasteiger partial charge in [-0.3, -0.25) is 4.79 Å².